The van der Waals surface area contributed by atoms with E-state index in [4.69, 9.17) is 8.83 Å². The normalized spacial score (nSPS) is 15.6. The van der Waals surface area contributed by atoms with E-state index >= 15 is 0 Å². The van der Waals surface area contributed by atoms with E-state index in [-0.39, 0.29) is 11.3 Å². The molecule has 5 rings (SSSR count). The van der Waals surface area contributed by atoms with Crippen molar-refractivity contribution < 1.29 is 13.9 Å². The Morgan fingerprint density at radius 3 is 2.53 bits per heavy atom. The molecule has 4 aromatic rings. The number of nitrogens with zero attached hydrogens (tertiary/aromatic N) is 2. The van der Waals surface area contributed by atoms with Crippen molar-refractivity contribution in [3.05, 3.63) is 73.3 Å². The molecule has 32 heavy (non-hydrogen) atoms. The first-order valence-corrected chi connectivity index (χ1v) is 11.1. The van der Waals surface area contributed by atoms with Crippen molar-refractivity contribution in [2.45, 2.75) is 6.54 Å². The Bertz CT molecular complexity index is 1450. The van der Waals surface area contributed by atoms with Crippen molar-refractivity contribution in [2.75, 3.05) is 33.2 Å². The molecule has 0 saturated carbocycles. The average Bonchev–Trinajstić information content (AvgIpc) is 2.76. The van der Waals surface area contributed by atoms with Crippen molar-refractivity contribution >= 4 is 37.9 Å². The smallest absolute Gasteiger partial charge is 0.344 e. The second kappa shape index (κ2) is 8.20. The van der Waals surface area contributed by atoms with E-state index in [2.05, 4.69) is 32.8 Å². The molecule has 0 aliphatic carbocycles. The number of phenolic OH excluding ortho intramolecular Hbond substituents is 1. The largest absolute Gasteiger partial charge is 0.507 e. The van der Waals surface area contributed by atoms with Gasteiger partial charge in [0.15, 0.2) is 0 Å². The molecule has 0 bridgehead atoms. The molecule has 0 amide bonds. The van der Waals surface area contributed by atoms with E-state index in [1.54, 1.807) is 30.3 Å². The van der Waals surface area contributed by atoms with Gasteiger partial charge in [-0.15, -0.1) is 0 Å². The molecule has 3 heterocycles. The fourth-order valence-electron chi connectivity index (χ4n) is 4.16. The number of hydrogen-bond acceptors (Lipinski definition) is 7. The minimum atomic E-state index is -0.591. The molecule has 0 radical (unpaired) electrons. The van der Waals surface area contributed by atoms with Crippen LogP contribution in [0.1, 0.15) is 5.56 Å². The highest BCUT2D eigenvalue weighted by Gasteiger charge is 2.21. The van der Waals surface area contributed by atoms with E-state index in [1.807, 2.05) is 6.07 Å². The summed E-state index contributed by atoms with van der Waals surface area (Å²) in [7, 11) is 2.08. The van der Waals surface area contributed by atoms with Crippen LogP contribution in [0.4, 0.5) is 0 Å². The van der Waals surface area contributed by atoms with Gasteiger partial charge in [0.2, 0.25) is 0 Å². The Morgan fingerprint density at radius 2 is 1.75 bits per heavy atom. The van der Waals surface area contributed by atoms with Crippen molar-refractivity contribution in [3.63, 3.8) is 0 Å². The standard InChI is InChI=1S/C24H21BrN2O5/c1-26-6-8-27(9-7-26)13-19-20(28)4-3-16-17(12-22(29)32-23(16)19)18-11-14-10-15(25)2-5-21(14)31-24(18)30/h2-5,10-12,28H,6-9,13H2,1H3. The van der Waals surface area contributed by atoms with Crippen LogP contribution in [-0.2, 0) is 6.54 Å². The van der Waals surface area contributed by atoms with Crippen LogP contribution in [0.3, 0.4) is 0 Å². The first kappa shape index (κ1) is 20.9. The summed E-state index contributed by atoms with van der Waals surface area (Å²) in [5, 5.41) is 11.9. The lowest BCUT2D eigenvalue weighted by molar-refractivity contribution is 0.147. The highest BCUT2D eigenvalue weighted by Crippen LogP contribution is 2.34. The van der Waals surface area contributed by atoms with Crippen molar-refractivity contribution in [1.82, 2.24) is 9.80 Å². The summed E-state index contributed by atoms with van der Waals surface area (Å²) in [5.74, 6) is 0.0613. The molecule has 1 N–H and O–H groups in total. The van der Waals surface area contributed by atoms with Gasteiger partial charge in [0.05, 0.1) is 11.1 Å². The maximum Gasteiger partial charge on any atom is 0.344 e. The number of fused-ring (bicyclic) bond motifs is 2. The van der Waals surface area contributed by atoms with Gasteiger partial charge in [-0.1, -0.05) is 15.9 Å². The quantitative estimate of drug-likeness (QED) is 0.431. The molecule has 7 nitrogen and oxygen atoms in total. The maximum absolute atomic E-state index is 12.8. The van der Waals surface area contributed by atoms with Crippen molar-refractivity contribution in [3.8, 4) is 16.9 Å². The lowest BCUT2D eigenvalue weighted by Crippen LogP contribution is -2.43. The number of halogens is 1. The van der Waals surface area contributed by atoms with Gasteiger partial charge in [0.25, 0.3) is 0 Å². The third kappa shape index (κ3) is 3.85. The summed E-state index contributed by atoms with van der Waals surface area (Å²) >= 11 is 3.43. The van der Waals surface area contributed by atoms with E-state index in [0.717, 1.165) is 36.0 Å². The van der Waals surface area contributed by atoms with Crippen LogP contribution in [0.2, 0.25) is 0 Å². The first-order chi connectivity index (χ1) is 15.4. The van der Waals surface area contributed by atoms with Crippen LogP contribution < -0.4 is 11.3 Å². The number of likely N-dealkylation sites (N-methyl/N-ethyl adjacent to an activating group) is 1. The van der Waals surface area contributed by atoms with Crippen LogP contribution in [-0.4, -0.2) is 48.1 Å². The van der Waals surface area contributed by atoms with Gasteiger partial charge in [-0.3, -0.25) is 4.90 Å². The summed E-state index contributed by atoms with van der Waals surface area (Å²) in [6, 6.07) is 11.6. The average molecular weight is 497 g/mol. The molecule has 0 unspecified atom stereocenters. The van der Waals surface area contributed by atoms with Crippen molar-refractivity contribution in [1.29, 1.82) is 0 Å². The topological polar surface area (TPSA) is 87.1 Å². The molecule has 1 fully saturated rings. The van der Waals surface area contributed by atoms with E-state index in [9.17, 15) is 14.7 Å². The summed E-state index contributed by atoms with van der Waals surface area (Å²) in [4.78, 5) is 29.8. The first-order valence-electron chi connectivity index (χ1n) is 10.3. The van der Waals surface area contributed by atoms with Gasteiger partial charge < -0.3 is 18.8 Å². The van der Waals surface area contributed by atoms with E-state index < -0.39 is 11.3 Å². The SMILES string of the molecule is CN1CCN(Cc2c(O)ccc3c(-c4cc5cc(Br)ccc5oc4=O)cc(=O)oc23)CC1. The molecule has 0 atom stereocenters. The Labute approximate surface area is 191 Å². The van der Waals surface area contributed by atoms with Gasteiger partial charge in [0, 0.05) is 59.6 Å². The van der Waals surface area contributed by atoms with Crippen LogP contribution >= 0.6 is 15.9 Å². The summed E-state index contributed by atoms with van der Waals surface area (Å²) in [6.07, 6.45) is 0. The summed E-state index contributed by atoms with van der Waals surface area (Å²) in [6.45, 7) is 3.99. The Hall–Kier alpha value is -2.94. The van der Waals surface area contributed by atoms with E-state index in [0.29, 0.717) is 34.2 Å². The van der Waals surface area contributed by atoms with Crippen LogP contribution in [0.5, 0.6) is 5.75 Å². The Kier molecular flexibility index (Phi) is 5.36. The number of piperazine rings is 1. The third-order valence-electron chi connectivity index (χ3n) is 5.95. The number of phenols is 1. The maximum atomic E-state index is 12.8. The molecule has 8 heteroatoms. The highest BCUT2D eigenvalue weighted by atomic mass is 79.9. The van der Waals surface area contributed by atoms with Crippen LogP contribution in [0, 0.1) is 0 Å². The second-order valence-electron chi connectivity index (χ2n) is 8.13. The predicted octanol–water partition coefficient (Wildman–Crippen LogP) is 3.78. The molecule has 1 aliphatic rings. The molecular formula is C24H21BrN2O5. The molecule has 2 aromatic heterocycles. The fourth-order valence-corrected chi connectivity index (χ4v) is 4.54. The number of hydrogen-bond donors (Lipinski definition) is 1. The number of benzene rings is 2. The highest BCUT2D eigenvalue weighted by molar-refractivity contribution is 9.10. The van der Waals surface area contributed by atoms with Gasteiger partial charge >= 0.3 is 11.3 Å². The minimum Gasteiger partial charge on any atom is -0.507 e. The molecule has 164 valence electrons. The molecular weight excluding hydrogens is 476 g/mol. The fraction of sp³-hybridized carbons (Fsp3) is 0.250. The van der Waals surface area contributed by atoms with Gasteiger partial charge in [-0.25, -0.2) is 9.59 Å². The van der Waals surface area contributed by atoms with Gasteiger partial charge in [0.1, 0.15) is 16.9 Å². The molecule has 1 aliphatic heterocycles. The molecule has 2 aromatic carbocycles. The Balaban J connectivity index is 1.68. The summed E-state index contributed by atoms with van der Waals surface area (Å²) < 4.78 is 11.9. The lowest BCUT2D eigenvalue weighted by Gasteiger charge is -2.32. The molecule has 1 saturated heterocycles. The van der Waals surface area contributed by atoms with Crippen molar-refractivity contribution in [2.24, 2.45) is 0 Å². The van der Waals surface area contributed by atoms with Crippen LogP contribution in [0.15, 0.2) is 65.4 Å². The monoisotopic (exact) mass is 496 g/mol. The van der Waals surface area contributed by atoms with E-state index in [1.165, 1.54) is 6.07 Å². The Morgan fingerprint density at radius 1 is 0.969 bits per heavy atom. The van der Waals surface area contributed by atoms with Crippen LogP contribution in [0.25, 0.3) is 33.1 Å². The lowest BCUT2D eigenvalue weighted by atomic mass is 9.99. The predicted molar refractivity (Wildman–Crippen MR) is 126 cm³/mol. The molecule has 0 spiro atoms. The number of aromatic hydroxyl groups is 1. The zero-order valence-corrected chi connectivity index (χ0v) is 19.0. The number of rotatable bonds is 3. The minimum absolute atomic E-state index is 0.0613. The van der Waals surface area contributed by atoms with Gasteiger partial charge in [-0.05, 0) is 43.4 Å². The zero-order valence-electron chi connectivity index (χ0n) is 17.4. The third-order valence-corrected chi connectivity index (χ3v) is 6.45. The second-order valence-corrected chi connectivity index (χ2v) is 9.04. The summed E-state index contributed by atoms with van der Waals surface area (Å²) in [5.41, 5.74) is 0.852. The zero-order chi connectivity index (χ0) is 22.4. The van der Waals surface area contributed by atoms with Gasteiger partial charge in [-0.2, -0.15) is 0 Å².